The number of carbonyl (C=O) groups is 2. The van der Waals surface area contributed by atoms with Gasteiger partial charge in [0.2, 0.25) is 5.13 Å². The first-order valence-corrected chi connectivity index (χ1v) is 9.15. The van der Waals surface area contributed by atoms with E-state index >= 15 is 0 Å². The van der Waals surface area contributed by atoms with Crippen LogP contribution >= 0.6 is 22.9 Å². The summed E-state index contributed by atoms with van der Waals surface area (Å²) in [6, 6.07) is 12.4. The van der Waals surface area contributed by atoms with Gasteiger partial charge >= 0.3 is 0 Å². The van der Waals surface area contributed by atoms with E-state index in [1.54, 1.807) is 30.3 Å². The molecule has 2 amide bonds. The molecule has 0 bridgehead atoms. The van der Waals surface area contributed by atoms with E-state index in [-0.39, 0.29) is 16.6 Å². The maximum atomic E-state index is 13.6. The molecule has 0 saturated carbocycles. The van der Waals surface area contributed by atoms with E-state index in [9.17, 15) is 14.0 Å². The largest absolute Gasteiger partial charge is 0.352 e. The molecule has 0 radical (unpaired) electrons. The van der Waals surface area contributed by atoms with E-state index in [4.69, 9.17) is 11.6 Å². The van der Waals surface area contributed by atoms with Crippen molar-refractivity contribution >= 4 is 39.9 Å². The molecule has 0 unspecified atom stereocenters. The summed E-state index contributed by atoms with van der Waals surface area (Å²) in [5.74, 6) is -1.48. The Morgan fingerprint density at radius 1 is 1.00 bits per heavy atom. The number of carbonyl (C=O) groups excluding carboxylic acids is 2. The summed E-state index contributed by atoms with van der Waals surface area (Å²) in [4.78, 5) is 24.1. The molecule has 138 valence electrons. The third-order valence-corrected chi connectivity index (χ3v) is 4.78. The van der Waals surface area contributed by atoms with Crippen LogP contribution in [0.5, 0.6) is 0 Å². The lowest BCUT2D eigenvalue weighted by Gasteiger charge is -2.05. The van der Waals surface area contributed by atoms with Crippen molar-refractivity contribution in [2.24, 2.45) is 0 Å². The molecule has 2 aromatic carbocycles. The van der Waals surface area contributed by atoms with Crippen molar-refractivity contribution in [3.63, 3.8) is 0 Å². The van der Waals surface area contributed by atoms with Gasteiger partial charge in [-0.25, -0.2) is 4.39 Å². The van der Waals surface area contributed by atoms with Crippen LogP contribution in [0.1, 0.15) is 25.7 Å². The van der Waals surface area contributed by atoms with Crippen molar-refractivity contribution < 1.29 is 14.0 Å². The van der Waals surface area contributed by atoms with Gasteiger partial charge in [-0.15, -0.1) is 10.2 Å². The van der Waals surface area contributed by atoms with Crippen LogP contribution in [0.3, 0.4) is 0 Å². The van der Waals surface area contributed by atoms with Gasteiger partial charge in [0.25, 0.3) is 11.8 Å². The zero-order valence-electron chi connectivity index (χ0n) is 13.9. The summed E-state index contributed by atoms with van der Waals surface area (Å²) in [7, 11) is 0. The van der Waals surface area contributed by atoms with Gasteiger partial charge in [0.05, 0.1) is 16.1 Å². The van der Waals surface area contributed by atoms with Gasteiger partial charge in [-0.3, -0.25) is 14.9 Å². The molecule has 1 heterocycles. The number of anilines is 1. The standard InChI is InChI=1S/C18H14ClFN4O2S/c19-13-7-3-1-5-11(13)16(25)21-10-9-15-23-24-18(27-15)22-17(26)12-6-2-4-8-14(12)20/h1-8H,9-10H2,(H,21,25)(H,22,24,26). The summed E-state index contributed by atoms with van der Waals surface area (Å²) in [6.07, 6.45) is 0.434. The van der Waals surface area contributed by atoms with E-state index in [1.165, 1.54) is 18.2 Å². The second-order valence-corrected chi connectivity index (χ2v) is 6.89. The van der Waals surface area contributed by atoms with E-state index < -0.39 is 11.7 Å². The highest BCUT2D eigenvalue weighted by atomic mass is 35.5. The minimum absolute atomic E-state index is 0.0683. The van der Waals surface area contributed by atoms with Crippen LogP contribution in [0.25, 0.3) is 0 Å². The van der Waals surface area contributed by atoms with Crippen molar-refractivity contribution in [3.05, 3.63) is 75.5 Å². The fourth-order valence-corrected chi connectivity index (χ4v) is 3.19. The Bertz CT molecular complexity index is 979. The predicted octanol–water partition coefficient (Wildman–Crippen LogP) is 3.56. The fourth-order valence-electron chi connectivity index (χ4n) is 2.24. The molecule has 0 aliphatic heterocycles. The summed E-state index contributed by atoms with van der Waals surface area (Å²) >= 11 is 7.14. The van der Waals surface area contributed by atoms with Gasteiger partial charge in [0, 0.05) is 13.0 Å². The highest BCUT2D eigenvalue weighted by molar-refractivity contribution is 7.15. The molecule has 0 spiro atoms. The Hall–Kier alpha value is -2.84. The zero-order valence-corrected chi connectivity index (χ0v) is 15.5. The first-order chi connectivity index (χ1) is 13.0. The Morgan fingerprint density at radius 3 is 2.44 bits per heavy atom. The number of nitrogens with zero attached hydrogens (tertiary/aromatic N) is 2. The lowest BCUT2D eigenvalue weighted by Crippen LogP contribution is -2.25. The lowest BCUT2D eigenvalue weighted by molar-refractivity contribution is 0.0953. The second-order valence-electron chi connectivity index (χ2n) is 5.42. The third kappa shape index (κ3) is 4.87. The normalized spacial score (nSPS) is 10.4. The minimum Gasteiger partial charge on any atom is -0.352 e. The Morgan fingerprint density at radius 2 is 1.70 bits per heavy atom. The molecule has 3 rings (SSSR count). The summed E-state index contributed by atoms with van der Waals surface area (Å²) in [5.41, 5.74) is 0.329. The predicted molar refractivity (Wildman–Crippen MR) is 102 cm³/mol. The molecule has 27 heavy (non-hydrogen) atoms. The van der Waals surface area contributed by atoms with Gasteiger partial charge in [0.1, 0.15) is 10.8 Å². The molecule has 0 fully saturated rings. The van der Waals surface area contributed by atoms with Crippen LogP contribution in [-0.2, 0) is 6.42 Å². The molecule has 0 aliphatic rings. The molecule has 1 aromatic heterocycles. The monoisotopic (exact) mass is 404 g/mol. The minimum atomic E-state index is -0.609. The number of nitrogens with one attached hydrogen (secondary N) is 2. The van der Waals surface area contributed by atoms with E-state index in [1.807, 2.05) is 0 Å². The molecule has 0 atom stereocenters. The van der Waals surface area contributed by atoms with Crippen LogP contribution in [-0.4, -0.2) is 28.6 Å². The van der Waals surface area contributed by atoms with Crippen molar-refractivity contribution in [3.8, 4) is 0 Å². The Balaban J connectivity index is 1.53. The Labute approximate surface area is 163 Å². The molecule has 9 heteroatoms. The molecule has 3 aromatic rings. The van der Waals surface area contributed by atoms with E-state index in [2.05, 4.69) is 20.8 Å². The van der Waals surface area contributed by atoms with Gasteiger partial charge in [-0.2, -0.15) is 0 Å². The fraction of sp³-hybridized carbons (Fsp3) is 0.111. The van der Waals surface area contributed by atoms with E-state index in [0.717, 1.165) is 11.3 Å². The van der Waals surface area contributed by atoms with Gasteiger partial charge < -0.3 is 5.32 Å². The van der Waals surface area contributed by atoms with Crippen LogP contribution in [0.4, 0.5) is 9.52 Å². The maximum absolute atomic E-state index is 13.6. The van der Waals surface area contributed by atoms with Gasteiger partial charge in [-0.05, 0) is 24.3 Å². The highest BCUT2D eigenvalue weighted by Gasteiger charge is 2.14. The number of halogens is 2. The van der Waals surface area contributed by atoms with Crippen molar-refractivity contribution in [2.75, 3.05) is 11.9 Å². The number of hydrogen-bond donors (Lipinski definition) is 2. The molecule has 6 nitrogen and oxygen atoms in total. The topological polar surface area (TPSA) is 84.0 Å². The SMILES string of the molecule is O=C(Nc1nnc(CCNC(=O)c2ccccc2Cl)s1)c1ccccc1F. The first kappa shape index (κ1) is 18.9. The van der Waals surface area contributed by atoms with Crippen LogP contribution in [0.2, 0.25) is 5.02 Å². The molecular formula is C18H14ClFN4O2S. The summed E-state index contributed by atoms with van der Waals surface area (Å²) < 4.78 is 13.6. The van der Waals surface area contributed by atoms with Crippen molar-refractivity contribution in [1.82, 2.24) is 15.5 Å². The average Bonchev–Trinajstić information content (AvgIpc) is 3.09. The third-order valence-electron chi connectivity index (χ3n) is 3.55. The van der Waals surface area contributed by atoms with Crippen LogP contribution < -0.4 is 10.6 Å². The van der Waals surface area contributed by atoms with Crippen molar-refractivity contribution in [1.29, 1.82) is 0 Å². The quantitative estimate of drug-likeness (QED) is 0.658. The highest BCUT2D eigenvalue weighted by Crippen LogP contribution is 2.18. The summed E-state index contributed by atoms with van der Waals surface area (Å²) in [5, 5.41) is 14.3. The number of hydrogen-bond acceptors (Lipinski definition) is 5. The molecule has 0 aliphatic carbocycles. The average molecular weight is 405 g/mol. The first-order valence-electron chi connectivity index (χ1n) is 7.95. The lowest BCUT2D eigenvalue weighted by atomic mass is 10.2. The molecule has 0 saturated heterocycles. The molecule has 2 N–H and O–H groups in total. The number of benzene rings is 2. The van der Waals surface area contributed by atoms with E-state index in [0.29, 0.717) is 28.6 Å². The summed E-state index contributed by atoms with van der Waals surface area (Å²) in [6.45, 7) is 0.333. The second kappa shape index (κ2) is 8.70. The van der Waals surface area contributed by atoms with Gasteiger partial charge in [-0.1, -0.05) is 47.2 Å². The number of aromatic nitrogens is 2. The number of rotatable bonds is 6. The zero-order chi connectivity index (χ0) is 19.2. The number of amides is 2. The van der Waals surface area contributed by atoms with Crippen LogP contribution in [0.15, 0.2) is 48.5 Å². The van der Waals surface area contributed by atoms with Crippen LogP contribution in [0, 0.1) is 5.82 Å². The smallest absolute Gasteiger partial charge is 0.260 e. The molecular weight excluding hydrogens is 391 g/mol. The van der Waals surface area contributed by atoms with Crippen molar-refractivity contribution in [2.45, 2.75) is 6.42 Å². The maximum Gasteiger partial charge on any atom is 0.260 e. The Kier molecular flexibility index (Phi) is 6.10. The van der Waals surface area contributed by atoms with Gasteiger partial charge in [0.15, 0.2) is 0 Å².